The molecule has 2 aromatic heterocycles. The van der Waals surface area contributed by atoms with Gasteiger partial charge in [0.2, 0.25) is 0 Å². The quantitative estimate of drug-likeness (QED) is 0.177. The van der Waals surface area contributed by atoms with Crippen LogP contribution in [-0.2, 0) is 19.4 Å². The van der Waals surface area contributed by atoms with Crippen molar-refractivity contribution in [3.8, 4) is 22.8 Å². The van der Waals surface area contributed by atoms with Gasteiger partial charge in [-0.15, -0.1) is 11.3 Å². The van der Waals surface area contributed by atoms with Gasteiger partial charge in [0.05, 0.1) is 40.7 Å². The van der Waals surface area contributed by atoms with Crippen LogP contribution in [0.4, 0.5) is 5.69 Å². The molecule has 0 atom stereocenters. The van der Waals surface area contributed by atoms with Crippen LogP contribution in [0, 0.1) is 6.92 Å². The first kappa shape index (κ1) is 27.6. The fraction of sp³-hybridized carbons (Fsp3) is 0.212. The molecular formula is C33H29Cl2N3O2S. The first-order valence-electron chi connectivity index (χ1n) is 13.4. The van der Waals surface area contributed by atoms with Gasteiger partial charge in [-0.3, -0.25) is 4.98 Å². The number of fused-ring (bicyclic) bond motifs is 2. The third-order valence-corrected chi connectivity index (χ3v) is 9.15. The molecular weight excluding hydrogens is 573 g/mol. The van der Waals surface area contributed by atoms with Crippen molar-refractivity contribution >= 4 is 57.1 Å². The van der Waals surface area contributed by atoms with E-state index in [1.165, 1.54) is 16.7 Å². The maximum absolute atomic E-state index is 6.71. The highest BCUT2D eigenvalue weighted by Crippen LogP contribution is 2.39. The highest BCUT2D eigenvalue weighted by atomic mass is 35.5. The molecule has 41 heavy (non-hydrogen) atoms. The summed E-state index contributed by atoms with van der Waals surface area (Å²) in [5, 5.41) is 4.63. The first-order chi connectivity index (χ1) is 20.0. The predicted molar refractivity (Wildman–Crippen MR) is 171 cm³/mol. The summed E-state index contributed by atoms with van der Waals surface area (Å²) in [7, 11) is 3.38. The van der Waals surface area contributed by atoms with Gasteiger partial charge in [0.25, 0.3) is 0 Å². The molecule has 0 saturated heterocycles. The standard InChI is InChI=1S/C33H29Cl2N3O2S/c1-20-32(27-10-9-23(39-2)17-29(27)35)37-31(41-20)6-4-5-26-24-14-16-38(19-22(24)8-12-30(26)40-3)33-25-13-15-36-18-21(25)7-11-28(33)34/h7-18H,4-6,19H2,1-3H3. The number of aromatic nitrogens is 2. The molecule has 0 amide bonds. The number of halogens is 2. The molecule has 0 spiro atoms. The van der Waals surface area contributed by atoms with Gasteiger partial charge in [-0.05, 0) is 79.8 Å². The number of hydrogen-bond acceptors (Lipinski definition) is 6. The van der Waals surface area contributed by atoms with E-state index in [9.17, 15) is 0 Å². The molecule has 5 nitrogen and oxygen atoms in total. The van der Waals surface area contributed by atoms with Gasteiger partial charge in [0, 0.05) is 51.9 Å². The van der Waals surface area contributed by atoms with E-state index in [-0.39, 0.29) is 0 Å². The monoisotopic (exact) mass is 601 g/mol. The Morgan fingerprint density at radius 3 is 2.66 bits per heavy atom. The van der Waals surface area contributed by atoms with Crippen LogP contribution in [0.1, 0.15) is 33.0 Å². The van der Waals surface area contributed by atoms with Crippen LogP contribution in [0.3, 0.4) is 0 Å². The van der Waals surface area contributed by atoms with Gasteiger partial charge < -0.3 is 14.4 Å². The Bertz CT molecular complexity index is 1780. The highest BCUT2D eigenvalue weighted by molar-refractivity contribution is 7.12. The number of aryl methyl sites for hydroxylation is 2. The van der Waals surface area contributed by atoms with E-state index in [2.05, 4.69) is 41.2 Å². The third-order valence-electron chi connectivity index (χ3n) is 7.51. The number of nitrogens with zero attached hydrogens (tertiary/aromatic N) is 3. The van der Waals surface area contributed by atoms with Crippen molar-refractivity contribution in [2.45, 2.75) is 32.7 Å². The second-order valence-electron chi connectivity index (χ2n) is 9.97. The first-order valence-corrected chi connectivity index (χ1v) is 15.0. The minimum atomic E-state index is 0.646. The zero-order chi connectivity index (χ0) is 28.5. The molecule has 8 heteroatoms. The molecule has 1 aliphatic heterocycles. The Balaban J connectivity index is 1.22. The number of thiazole rings is 1. The minimum absolute atomic E-state index is 0.646. The molecule has 0 radical (unpaired) electrons. The number of pyridine rings is 1. The van der Waals surface area contributed by atoms with Gasteiger partial charge in [0.15, 0.2) is 0 Å². The lowest BCUT2D eigenvalue weighted by Gasteiger charge is -2.29. The Kier molecular flexibility index (Phi) is 7.89. The maximum Gasteiger partial charge on any atom is 0.122 e. The fourth-order valence-electron chi connectivity index (χ4n) is 5.50. The van der Waals surface area contributed by atoms with Gasteiger partial charge in [-0.25, -0.2) is 4.98 Å². The lowest BCUT2D eigenvalue weighted by molar-refractivity contribution is 0.408. The SMILES string of the molecule is COc1ccc(-c2nc(CCCc3c(OC)ccc4c3C=CN(c3c(Cl)ccc5cnccc35)C4)sc2C)c(Cl)c1. The number of anilines is 1. The van der Waals surface area contributed by atoms with Gasteiger partial charge in [-0.2, -0.15) is 0 Å². The summed E-state index contributed by atoms with van der Waals surface area (Å²) in [5.41, 5.74) is 6.56. The fourth-order valence-corrected chi connectivity index (χ4v) is 7.02. The van der Waals surface area contributed by atoms with Crippen molar-refractivity contribution in [3.05, 3.63) is 104 Å². The molecule has 6 rings (SSSR count). The normalized spacial score (nSPS) is 12.6. The topological polar surface area (TPSA) is 47.5 Å². The second-order valence-corrected chi connectivity index (χ2v) is 12.1. The van der Waals surface area contributed by atoms with E-state index >= 15 is 0 Å². The van der Waals surface area contributed by atoms with Gasteiger partial charge >= 0.3 is 0 Å². The number of methoxy groups -OCH3 is 2. The molecule has 0 unspecified atom stereocenters. The molecule has 3 heterocycles. The van der Waals surface area contributed by atoms with Crippen molar-refractivity contribution in [1.82, 2.24) is 9.97 Å². The van der Waals surface area contributed by atoms with Crippen LogP contribution in [0.15, 0.2) is 67.1 Å². The number of hydrogen-bond donors (Lipinski definition) is 0. The average molecular weight is 603 g/mol. The average Bonchev–Trinajstić information content (AvgIpc) is 3.36. The zero-order valence-corrected chi connectivity index (χ0v) is 25.4. The van der Waals surface area contributed by atoms with Crippen molar-refractivity contribution in [2.24, 2.45) is 0 Å². The van der Waals surface area contributed by atoms with Gasteiger partial charge in [0.1, 0.15) is 11.5 Å². The summed E-state index contributed by atoms with van der Waals surface area (Å²) in [6.07, 6.45) is 10.7. The van der Waals surface area contributed by atoms with Crippen LogP contribution in [0.25, 0.3) is 28.1 Å². The number of ether oxygens (including phenoxy) is 2. The van der Waals surface area contributed by atoms with Crippen LogP contribution in [0.5, 0.6) is 11.5 Å². The van der Waals surface area contributed by atoms with Crippen LogP contribution >= 0.6 is 34.5 Å². The highest BCUT2D eigenvalue weighted by Gasteiger charge is 2.21. The van der Waals surface area contributed by atoms with E-state index in [0.717, 1.165) is 79.9 Å². The van der Waals surface area contributed by atoms with Crippen molar-refractivity contribution in [3.63, 3.8) is 0 Å². The largest absolute Gasteiger partial charge is 0.497 e. The van der Waals surface area contributed by atoms with Crippen LogP contribution in [0.2, 0.25) is 10.0 Å². The summed E-state index contributed by atoms with van der Waals surface area (Å²) in [4.78, 5) is 12.6. The lowest BCUT2D eigenvalue weighted by atomic mass is 9.93. The molecule has 0 bridgehead atoms. The van der Waals surface area contributed by atoms with E-state index in [1.54, 1.807) is 25.6 Å². The Labute approximate surface area is 254 Å². The Hall–Kier alpha value is -3.58. The molecule has 5 aromatic rings. The molecule has 1 aliphatic rings. The second kappa shape index (κ2) is 11.7. The minimum Gasteiger partial charge on any atom is -0.497 e. The van der Waals surface area contributed by atoms with Crippen LogP contribution < -0.4 is 14.4 Å². The molecule has 208 valence electrons. The van der Waals surface area contributed by atoms with Crippen molar-refractivity contribution in [1.29, 1.82) is 0 Å². The maximum atomic E-state index is 6.71. The smallest absolute Gasteiger partial charge is 0.122 e. The molecule has 0 aliphatic carbocycles. The molecule has 0 N–H and O–H groups in total. The van der Waals surface area contributed by atoms with Gasteiger partial charge in [-0.1, -0.05) is 35.3 Å². The molecule has 3 aromatic carbocycles. The Morgan fingerprint density at radius 1 is 0.976 bits per heavy atom. The van der Waals surface area contributed by atoms with E-state index < -0.39 is 0 Å². The van der Waals surface area contributed by atoms with E-state index in [4.69, 9.17) is 37.7 Å². The third kappa shape index (κ3) is 5.40. The zero-order valence-electron chi connectivity index (χ0n) is 23.1. The summed E-state index contributed by atoms with van der Waals surface area (Å²) in [6, 6.07) is 15.9. The van der Waals surface area contributed by atoms with Crippen molar-refractivity contribution < 1.29 is 9.47 Å². The summed E-state index contributed by atoms with van der Waals surface area (Å²) < 4.78 is 11.1. The van der Waals surface area contributed by atoms with Crippen LogP contribution in [-0.4, -0.2) is 24.2 Å². The molecule has 0 saturated carbocycles. The Morgan fingerprint density at radius 2 is 1.85 bits per heavy atom. The summed E-state index contributed by atoms with van der Waals surface area (Å²) >= 11 is 15.0. The number of rotatable bonds is 8. The van der Waals surface area contributed by atoms with Crippen molar-refractivity contribution in [2.75, 3.05) is 19.1 Å². The number of benzene rings is 3. The van der Waals surface area contributed by atoms with E-state index in [0.29, 0.717) is 5.02 Å². The van der Waals surface area contributed by atoms with E-state index in [1.807, 2.05) is 48.8 Å². The summed E-state index contributed by atoms with van der Waals surface area (Å²) in [5.74, 6) is 1.65. The predicted octanol–water partition coefficient (Wildman–Crippen LogP) is 9.16. The lowest BCUT2D eigenvalue weighted by Crippen LogP contribution is -2.20. The molecule has 0 fully saturated rings. The summed E-state index contributed by atoms with van der Waals surface area (Å²) in [6.45, 7) is 2.82.